The van der Waals surface area contributed by atoms with Crippen LogP contribution in [0, 0.1) is 0 Å². The van der Waals surface area contributed by atoms with Gasteiger partial charge in [-0.05, 0) is 59.1 Å². The number of carbonyl (C=O) groups is 2. The van der Waals surface area contributed by atoms with E-state index in [0.29, 0.717) is 38.4 Å². The summed E-state index contributed by atoms with van der Waals surface area (Å²) in [6, 6.07) is 7.38. The number of morpholine rings is 1. The van der Waals surface area contributed by atoms with Crippen molar-refractivity contribution in [3.05, 3.63) is 53.6 Å². The first-order valence-electron chi connectivity index (χ1n) is 12.6. The van der Waals surface area contributed by atoms with E-state index in [1.165, 1.54) is 0 Å². The highest BCUT2D eigenvalue weighted by Gasteiger charge is 2.42. The minimum absolute atomic E-state index is 0.125. The van der Waals surface area contributed by atoms with Crippen LogP contribution in [-0.2, 0) is 15.1 Å². The molecule has 1 aromatic carbocycles. The van der Waals surface area contributed by atoms with Crippen molar-refractivity contribution in [1.29, 1.82) is 0 Å². The normalized spacial score (nSPS) is 21.6. The summed E-state index contributed by atoms with van der Waals surface area (Å²) in [5.41, 5.74) is 0.630. The number of aliphatic hydroxyl groups is 1. The standard InChI is InChI=1S/C27H38N4O5/c1-18(19-9-7-8-10-20(19)27(5,6)34)31-17-28-15-22(31)24(32)29-12-11-21-23(16-29)35-14-13-30(21)25(33)36-26(2,3)4/h7-10,15,17-18,21,23,34H,11-14,16H2,1-6H3/t18-,21+,23+/m0/s1. The van der Waals surface area contributed by atoms with Gasteiger partial charge in [-0.15, -0.1) is 0 Å². The lowest BCUT2D eigenvalue weighted by molar-refractivity contribution is -0.0988. The SMILES string of the molecule is C[C@@H](c1ccccc1C(C)(C)O)n1cncc1C(=O)N1CC[C@@H]2[C@@H](C1)OCCN2C(=O)OC(C)(C)C. The van der Waals surface area contributed by atoms with Crippen LogP contribution in [0.2, 0.25) is 0 Å². The molecule has 4 rings (SSSR count). The van der Waals surface area contributed by atoms with E-state index in [0.717, 1.165) is 11.1 Å². The molecule has 0 saturated carbocycles. The number of hydrogen-bond donors (Lipinski definition) is 1. The lowest BCUT2D eigenvalue weighted by atomic mass is 9.90. The lowest BCUT2D eigenvalue weighted by Crippen LogP contribution is -2.61. The lowest BCUT2D eigenvalue weighted by Gasteiger charge is -2.46. The number of imidazole rings is 1. The van der Waals surface area contributed by atoms with Crippen molar-refractivity contribution in [3.63, 3.8) is 0 Å². The number of ether oxygens (including phenoxy) is 2. The Labute approximate surface area is 213 Å². The van der Waals surface area contributed by atoms with Gasteiger partial charge in [0.15, 0.2) is 0 Å². The second-order valence-electron chi connectivity index (χ2n) is 11.2. The van der Waals surface area contributed by atoms with E-state index < -0.39 is 11.2 Å². The number of benzene rings is 1. The molecule has 9 heteroatoms. The fourth-order valence-corrected chi connectivity index (χ4v) is 5.13. The number of rotatable bonds is 4. The maximum Gasteiger partial charge on any atom is 0.410 e. The van der Waals surface area contributed by atoms with Crippen molar-refractivity contribution in [2.45, 2.75) is 77.4 Å². The topological polar surface area (TPSA) is 97.1 Å². The van der Waals surface area contributed by atoms with Gasteiger partial charge in [0.25, 0.3) is 5.91 Å². The second kappa shape index (κ2) is 9.86. The first-order chi connectivity index (χ1) is 16.9. The van der Waals surface area contributed by atoms with Gasteiger partial charge in [0.2, 0.25) is 0 Å². The molecule has 36 heavy (non-hydrogen) atoms. The van der Waals surface area contributed by atoms with Crippen LogP contribution >= 0.6 is 0 Å². The molecule has 2 fully saturated rings. The van der Waals surface area contributed by atoms with Crippen molar-refractivity contribution in [2.24, 2.45) is 0 Å². The molecule has 2 amide bonds. The number of hydrogen-bond acceptors (Lipinski definition) is 6. The van der Waals surface area contributed by atoms with E-state index in [1.54, 1.807) is 36.2 Å². The number of nitrogens with zero attached hydrogens (tertiary/aromatic N) is 4. The summed E-state index contributed by atoms with van der Waals surface area (Å²) in [6.45, 7) is 12.9. The minimum atomic E-state index is -1.02. The van der Waals surface area contributed by atoms with Crippen molar-refractivity contribution in [3.8, 4) is 0 Å². The van der Waals surface area contributed by atoms with Gasteiger partial charge in [0, 0.05) is 19.6 Å². The third-order valence-electron chi connectivity index (χ3n) is 6.88. The number of fused-ring (bicyclic) bond motifs is 1. The number of piperidine rings is 1. The average Bonchev–Trinajstić information content (AvgIpc) is 3.30. The monoisotopic (exact) mass is 498 g/mol. The summed E-state index contributed by atoms with van der Waals surface area (Å²) < 4.78 is 13.5. The molecule has 0 radical (unpaired) electrons. The fraction of sp³-hybridized carbons (Fsp3) is 0.593. The van der Waals surface area contributed by atoms with Gasteiger partial charge < -0.3 is 28.9 Å². The van der Waals surface area contributed by atoms with E-state index in [2.05, 4.69) is 4.98 Å². The molecular formula is C27H38N4O5. The molecule has 196 valence electrons. The van der Waals surface area contributed by atoms with Gasteiger partial charge in [-0.3, -0.25) is 4.79 Å². The zero-order valence-corrected chi connectivity index (χ0v) is 22.1. The maximum atomic E-state index is 13.6. The molecule has 2 aliphatic heterocycles. The summed E-state index contributed by atoms with van der Waals surface area (Å²) in [6.07, 6.45) is 3.26. The Morgan fingerprint density at radius 2 is 1.89 bits per heavy atom. The molecule has 9 nitrogen and oxygen atoms in total. The Morgan fingerprint density at radius 3 is 2.58 bits per heavy atom. The molecule has 0 spiro atoms. The van der Waals surface area contributed by atoms with Crippen LogP contribution in [0.1, 0.15) is 75.6 Å². The Kier molecular flexibility index (Phi) is 7.16. The van der Waals surface area contributed by atoms with E-state index >= 15 is 0 Å². The number of amides is 2. The van der Waals surface area contributed by atoms with Crippen LogP contribution in [0.4, 0.5) is 4.79 Å². The molecule has 1 aromatic heterocycles. The zero-order chi connectivity index (χ0) is 26.3. The van der Waals surface area contributed by atoms with E-state index in [9.17, 15) is 14.7 Å². The Balaban J connectivity index is 1.51. The summed E-state index contributed by atoms with van der Waals surface area (Å²) >= 11 is 0. The van der Waals surface area contributed by atoms with Crippen LogP contribution < -0.4 is 0 Å². The van der Waals surface area contributed by atoms with Crippen LogP contribution in [-0.4, -0.2) is 80.4 Å². The smallest absolute Gasteiger partial charge is 0.410 e. The van der Waals surface area contributed by atoms with Crippen LogP contribution in [0.25, 0.3) is 0 Å². The van der Waals surface area contributed by atoms with Crippen LogP contribution in [0.3, 0.4) is 0 Å². The highest BCUT2D eigenvalue weighted by molar-refractivity contribution is 5.92. The molecule has 2 aliphatic rings. The first kappa shape index (κ1) is 26.2. The molecule has 2 saturated heterocycles. The van der Waals surface area contributed by atoms with Crippen molar-refractivity contribution in [2.75, 3.05) is 26.2 Å². The predicted molar refractivity (Wildman–Crippen MR) is 135 cm³/mol. The molecule has 0 aliphatic carbocycles. The maximum absolute atomic E-state index is 13.6. The fourth-order valence-electron chi connectivity index (χ4n) is 5.13. The van der Waals surface area contributed by atoms with Gasteiger partial charge in [0.1, 0.15) is 11.3 Å². The summed E-state index contributed by atoms with van der Waals surface area (Å²) in [7, 11) is 0. The molecule has 2 aromatic rings. The van der Waals surface area contributed by atoms with Gasteiger partial charge in [-0.25, -0.2) is 9.78 Å². The van der Waals surface area contributed by atoms with Gasteiger partial charge in [-0.2, -0.15) is 0 Å². The van der Waals surface area contributed by atoms with E-state index in [-0.39, 0.29) is 30.2 Å². The van der Waals surface area contributed by atoms with Crippen molar-refractivity contribution in [1.82, 2.24) is 19.4 Å². The molecular weight excluding hydrogens is 460 g/mol. The predicted octanol–water partition coefficient (Wildman–Crippen LogP) is 3.57. The van der Waals surface area contributed by atoms with Crippen molar-refractivity contribution < 1.29 is 24.2 Å². The van der Waals surface area contributed by atoms with Crippen LogP contribution in [0.5, 0.6) is 0 Å². The summed E-state index contributed by atoms with van der Waals surface area (Å²) in [5.74, 6) is -0.128. The quantitative estimate of drug-likeness (QED) is 0.692. The Morgan fingerprint density at radius 1 is 1.17 bits per heavy atom. The zero-order valence-electron chi connectivity index (χ0n) is 22.1. The third-order valence-corrected chi connectivity index (χ3v) is 6.88. The second-order valence-corrected chi connectivity index (χ2v) is 11.2. The van der Waals surface area contributed by atoms with Crippen LogP contribution in [0.15, 0.2) is 36.8 Å². The highest BCUT2D eigenvalue weighted by atomic mass is 16.6. The van der Waals surface area contributed by atoms with E-state index in [4.69, 9.17) is 9.47 Å². The van der Waals surface area contributed by atoms with Crippen molar-refractivity contribution >= 4 is 12.0 Å². The summed E-state index contributed by atoms with van der Waals surface area (Å²) in [4.78, 5) is 34.2. The first-order valence-corrected chi connectivity index (χ1v) is 12.6. The Bertz CT molecular complexity index is 1100. The minimum Gasteiger partial charge on any atom is -0.444 e. The van der Waals surface area contributed by atoms with Gasteiger partial charge >= 0.3 is 6.09 Å². The molecule has 3 heterocycles. The van der Waals surface area contributed by atoms with Gasteiger partial charge in [0.05, 0.1) is 42.9 Å². The third kappa shape index (κ3) is 5.42. The largest absolute Gasteiger partial charge is 0.444 e. The average molecular weight is 499 g/mol. The molecule has 1 N–H and O–H groups in total. The Hall–Kier alpha value is -2.91. The molecule has 3 atom stereocenters. The number of aromatic nitrogens is 2. The molecule has 0 unspecified atom stereocenters. The highest BCUT2D eigenvalue weighted by Crippen LogP contribution is 2.31. The number of likely N-dealkylation sites (tertiary alicyclic amines) is 1. The van der Waals surface area contributed by atoms with E-state index in [1.807, 2.05) is 56.5 Å². The van der Waals surface area contributed by atoms with Gasteiger partial charge in [-0.1, -0.05) is 24.3 Å². The summed E-state index contributed by atoms with van der Waals surface area (Å²) in [5, 5.41) is 10.7. The molecule has 0 bridgehead atoms. The number of carbonyl (C=O) groups excluding carboxylic acids is 2.